The zero-order chi connectivity index (χ0) is 14.0. The van der Waals surface area contributed by atoms with Crippen molar-refractivity contribution in [2.24, 2.45) is 5.73 Å². The van der Waals surface area contributed by atoms with E-state index in [4.69, 9.17) is 5.73 Å². The summed E-state index contributed by atoms with van der Waals surface area (Å²) in [5, 5.41) is -1.04. The van der Waals surface area contributed by atoms with E-state index >= 15 is 0 Å². The van der Waals surface area contributed by atoms with Crippen LogP contribution in [0.1, 0.15) is 5.56 Å². The van der Waals surface area contributed by atoms with E-state index in [1.807, 2.05) is 0 Å². The lowest BCUT2D eigenvalue weighted by Gasteiger charge is -2.11. The van der Waals surface area contributed by atoms with E-state index in [0.29, 0.717) is 0 Å². The highest BCUT2D eigenvalue weighted by molar-refractivity contribution is 8.08. The second kappa shape index (κ2) is 5.21. The van der Waals surface area contributed by atoms with E-state index in [0.717, 1.165) is 18.4 Å². The molecule has 0 amide bonds. The summed E-state index contributed by atoms with van der Waals surface area (Å²) in [7, 11) is -7.74. The summed E-state index contributed by atoms with van der Waals surface area (Å²) in [5.41, 5.74) is 5.66. The van der Waals surface area contributed by atoms with Crippen molar-refractivity contribution in [2.75, 3.05) is 16.1 Å². The molecular weight excluding hydrogens is 283 g/mol. The van der Waals surface area contributed by atoms with Crippen LogP contribution in [0.2, 0.25) is 0 Å². The van der Waals surface area contributed by atoms with Crippen LogP contribution in [0.4, 0.5) is 10.1 Å². The molecule has 0 aliphatic rings. The molecule has 6 nitrogen and oxygen atoms in total. The molecule has 0 aromatic heterocycles. The first-order valence-corrected chi connectivity index (χ1v) is 8.51. The molecular formula is C9H13FN2O4S2. The first-order chi connectivity index (χ1) is 8.13. The molecule has 0 atom stereocenters. The maximum Gasteiger partial charge on any atom is 0.247 e. The summed E-state index contributed by atoms with van der Waals surface area (Å²) in [4.78, 5) is 0. The predicted molar refractivity (Wildman–Crippen MR) is 66.5 cm³/mol. The second-order valence-electron chi connectivity index (χ2n) is 3.77. The van der Waals surface area contributed by atoms with Crippen LogP contribution >= 0.6 is 0 Å². The summed E-state index contributed by atoms with van der Waals surface area (Å²) in [6.45, 7) is -0.0749. The molecule has 0 radical (unpaired) electrons. The van der Waals surface area contributed by atoms with Gasteiger partial charge < -0.3 is 5.73 Å². The number of anilines is 1. The number of rotatable bonds is 5. The van der Waals surface area contributed by atoms with Crippen LogP contribution in [0.3, 0.4) is 0 Å². The Morgan fingerprint density at radius 2 is 1.89 bits per heavy atom. The van der Waals surface area contributed by atoms with Crippen LogP contribution in [0.25, 0.3) is 0 Å². The smallest absolute Gasteiger partial charge is 0.247 e. The molecule has 1 aromatic rings. The number of hydrogen-bond acceptors (Lipinski definition) is 5. The van der Waals surface area contributed by atoms with Crippen molar-refractivity contribution in [1.82, 2.24) is 0 Å². The van der Waals surface area contributed by atoms with Gasteiger partial charge in [-0.05, 0) is 23.8 Å². The van der Waals surface area contributed by atoms with Gasteiger partial charge in [0.2, 0.25) is 10.0 Å². The van der Waals surface area contributed by atoms with Gasteiger partial charge in [-0.15, -0.1) is 0 Å². The highest BCUT2D eigenvalue weighted by Crippen LogP contribution is 2.18. The quantitative estimate of drug-likeness (QED) is 0.797. The highest BCUT2D eigenvalue weighted by Gasteiger charge is 2.19. The number of nitrogens with two attached hydrogens (primary N) is 1. The Bertz CT molecular complexity index is 641. The summed E-state index contributed by atoms with van der Waals surface area (Å²) >= 11 is 0. The van der Waals surface area contributed by atoms with E-state index in [1.54, 1.807) is 0 Å². The summed E-state index contributed by atoms with van der Waals surface area (Å²) in [5.74, 6) is -0.554. The largest absolute Gasteiger partial charge is 0.326 e. The van der Waals surface area contributed by atoms with Gasteiger partial charge in [-0.25, -0.2) is 21.2 Å². The topological polar surface area (TPSA) is 106 Å². The van der Waals surface area contributed by atoms with Crippen molar-refractivity contribution in [1.29, 1.82) is 0 Å². The Balaban J connectivity index is 3.05. The van der Waals surface area contributed by atoms with Gasteiger partial charge in [-0.2, -0.15) is 0 Å². The molecule has 9 heteroatoms. The first kappa shape index (κ1) is 14.9. The maximum atomic E-state index is 12.9. The van der Waals surface area contributed by atoms with Crippen molar-refractivity contribution in [3.8, 4) is 0 Å². The standard InChI is InChI=1S/C9H13FN2O4S2/c1-17(13,14)6-18(15,16)12-9-3-2-8(10)4-7(9)5-11/h2-4,12H,5-6,11H2,1H3. The average Bonchev–Trinajstić information content (AvgIpc) is 2.16. The van der Waals surface area contributed by atoms with Crippen LogP contribution in [0.5, 0.6) is 0 Å². The Morgan fingerprint density at radius 3 is 2.39 bits per heavy atom. The lowest BCUT2D eigenvalue weighted by Crippen LogP contribution is -2.23. The van der Waals surface area contributed by atoms with Gasteiger partial charge in [0.1, 0.15) is 5.82 Å². The Morgan fingerprint density at radius 1 is 1.28 bits per heavy atom. The van der Waals surface area contributed by atoms with Crippen molar-refractivity contribution < 1.29 is 21.2 Å². The lowest BCUT2D eigenvalue weighted by atomic mass is 10.2. The van der Waals surface area contributed by atoms with Gasteiger partial charge in [-0.1, -0.05) is 0 Å². The van der Waals surface area contributed by atoms with Gasteiger partial charge in [0.25, 0.3) is 0 Å². The fourth-order valence-corrected chi connectivity index (χ4v) is 4.33. The molecule has 0 saturated heterocycles. The third-order valence-corrected chi connectivity index (χ3v) is 5.41. The number of sulfonamides is 1. The molecule has 0 aliphatic heterocycles. The van der Waals surface area contributed by atoms with E-state index in [-0.39, 0.29) is 17.8 Å². The van der Waals surface area contributed by atoms with Crippen molar-refractivity contribution in [2.45, 2.75) is 6.54 Å². The van der Waals surface area contributed by atoms with Crippen molar-refractivity contribution >= 4 is 25.5 Å². The number of benzene rings is 1. The van der Waals surface area contributed by atoms with Crippen LogP contribution in [-0.2, 0) is 26.4 Å². The Kier molecular flexibility index (Phi) is 4.30. The van der Waals surface area contributed by atoms with Crippen molar-refractivity contribution in [3.63, 3.8) is 0 Å². The molecule has 18 heavy (non-hydrogen) atoms. The number of hydrogen-bond donors (Lipinski definition) is 2. The molecule has 1 rings (SSSR count). The molecule has 3 N–H and O–H groups in total. The van der Waals surface area contributed by atoms with Crippen LogP contribution in [0, 0.1) is 5.82 Å². The van der Waals surface area contributed by atoms with Crippen LogP contribution in [-0.4, -0.2) is 28.2 Å². The zero-order valence-corrected chi connectivity index (χ0v) is 11.2. The lowest BCUT2D eigenvalue weighted by molar-refractivity contribution is 0.594. The number of sulfone groups is 1. The van der Waals surface area contributed by atoms with Crippen LogP contribution in [0.15, 0.2) is 18.2 Å². The van der Waals surface area contributed by atoms with E-state index in [2.05, 4.69) is 4.72 Å². The third-order valence-electron chi connectivity index (χ3n) is 1.92. The van der Waals surface area contributed by atoms with Crippen LogP contribution < -0.4 is 10.5 Å². The first-order valence-electron chi connectivity index (χ1n) is 4.80. The SMILES string of the molecule is CS(=O)(=O)CS(=O)(=O)Nc1ccc(F)cc1CN. The zero-order valence-electron chi connectivity index (χ0n) is 9.55. The molecule has 102 valence electrons. The summed E-state index contributed by atoms with van der Waals surface area (Å²) in [6, 6.07) is 3.33. The normalized spacial score (nSPS) is 12.4. The minimum Gasteiger partial charge on any atom is -0.326 e. The second-order valence-corrected chi connectivity index (χ2v) is 7.99. The third kappa shape index (κ3) is 4.59. The minimum atomic E-state index is -4.05. The molecule has 1 aromatic carbocycles. The Labute approximate surface area is 105 Å². The molecule has 0 heterocycles. The highest BCUT2D eigenvalue weighted by atomic mass is 32.3. The molecule has 0 fully saturated rings. The van der Waals surface area contributed by atoms with Gasteiger partial charge in [0, 0.05) is 12.8 Å². The number of halogens is 1. The molecule has 0 unspecified atom stereocenters. The molecule has 0 bridgehead atoms. The van der Waals surface area contributed by atoms with E-state index in [9.17, 15) is 21.2 Å². The van der Waals surface area contributed by atoms with Gasteiger partial charge in [0.05, 0.1) is 5.69 Å². The van der Waals surface area contributed by atoms with E-state index in [1.165, 1.54) is 6.07 Å². The molecule has 0 aliphatic carbocycles. The fraction of sp³-hybridized carbons (Fsp3) is 0.333. The number of nitrogens with one attached hydrogen (secondary N) is 1. The molecule has 0 spiro atoms. The van der Waals surface area contributed by atoms with E-state index < -0.39 is 30.8 Å². The fourth-order valence-electron chi connectivity index (χ4n) is 1.31. The predicted octanol–water partition coefficient (Wildman–Crippen LogP) is 0.0282. The molecule has 0 saturated carbocycles. The van der Waals surface area contributed by atoms with Gasteiger partial charge >= 0.3 is 0 Å². The summed E-state index contributed by atoms with van der Waals surface area (Å²) in [6.07, 6.45) is 0.806. The van der Waals surface area contributed by atoms with Gasteiger partial charge in [0.15, 0.2) is 14.9 Å². The van der Waals surface area contributed by atoms with Gasteiger partial charge in [-0.3, -0.25) is 4.72 Å². The maximum absolute atomic E-state index is 12.9. The average molecular weight is 296 g/mol. The Hall–Kier alpha value is -1.19. The summed E-state index contributed by atoms with van der Waals surface area (Å²) < 4.78 is 59.9. The monoisotopic (exact) mass is 296 g/mol. The minimum absolute atomic E-state index is 0.0718. The van der Waals surface area contributed by atoms with Crippen molar-refractivity contribution in [3.05, 3.63) is 29.6 Å².